The second kappa shape index (κ2) is 5.74. The minimum atomic E-state index is 0.576. The van der Waals surface area contributed by atoms with Crippen LogP contribution in [-0.2, 0) is 6.42 Å². The second-order valence-corrected chi connectivity index (χ2v) is 6.35. The summed E-state index contributed by atoms with van der Waals surface area (Å²) in [6.07, 6.45) is 0.765. The third-order valence-corrected chi connectivity index (χ3v) is 4.19. The fraction of sp³-hybridized carbons (Fsp3) is 0.188. The molecule has 0 atom stereocenters. The molecule has 0 bridgehead atoms. The molecular formula is C16H14ClIN2. The van der Waals surface area contributed by atoms with E-state index < -0.39 is 0 Å². The van der Waals surface area contributed by atoms with Crippen LogP contribution in [0.5, 0.6) is 0 Å². The Bertz CT molecular complexity index is 764. The highest BCUT2D eigenvalue weighted by molar-refractivity contribution is 14.1. The van der Waals surface area contributed by atoms with Crippen LogP contribution < -0.4 is 0 Å². The molecule has 0 spiro atoms. The normalized spacial score (nSPS) is 11.2. The molecule has 2 nitrogen and oxygen atoms in total. The standard InChI is InChI=1S/C16H14ClIN2/c1-11-4-2-7-14-16(11)20(15(19-14)8-9-17)13-6-3-5-12(18)10-13/h2-7,10H,8-9H2,1H3. The highest BCUT2D eigenvalue weighted by atomic mass is 127. The molecule has 0 aliphatic rings. The molecule has 3 aromatic rings. The minimum Gasteiger partial charge on any atom is -0.296 e. The molecular weight excluding hydrogens is 383 g/mol. The van der Waals surface area contributed by atoms with Crippen LogP contribution in [0, 0.1) is 10.5 Å². The molecule has 2 aromatic carbocycles. The van der Waals surface area contributed by atoms with Gasteiger partial charge in [-0.25, -0.2) is 4.98 Å². The molecule has 0 N–H and O–H groups in total. The van der Waals surface area contributed by atoms with Gasteiger partial charge in [-0.15, -0.1) is 11.6 Å². The summed E-state index contributed by atoms with van der Waals surface area (Å²) in [6, 6.07) is 14.7. The van der Waals surface area contributed by atoms with Gasteiger partial charge in [-0.2, -0.15) is 0 Å². The van der Waals surface area contributed by atoms with E-state index in [0.717, 1.165) is 23.4 Å². The van der Waals surface area contributed by atoms with Crippen molar-refractivity contribution in [1.82, 2.24) is 9.55 Å². The van der Waals surface area contributed by atoms with Crippen LogP contribution in [0.15, 0.2) is 42.5 Å². The third-order valence-electron chi connectivity index (χ3n) is 3.33. The van der Waals surface area contributed by atoms with Crippen molar-refractivity contribution >= 4 is 45.2 Å². The van der Waals surface area contributed by atoms with Crippen molar-refractivity contribution in [2.45, 2.75) is 13.3 Å². The van der Waals surface area contributed by atoms with Crippen LogP contribution in [-0.4, -0.2) is 15.4 Å². The van der Waals surface area contributed by atoms with Gasteiger partial charge in [0, 0.05) is 21.6 Å². The molecule has 1 aromatic heterocycles. The lowest BCUT2D eigenvalue weighted by Gasteiger charge is -2.10. The largest absolute Gasteiger partial charge is 0.296 e. The van der Waals surface area contributed by atoms with E-state index in [1.807, 2.05) is 6.07 Å². The minimum absolute atomic E-state index is 0.576. The van der Waals surface area contributed by atoms with Gasteiger partial charge >= 0.3 is 0 Å². The Hall–Kier alpha value is -1.07. The topological polar surface area (TPSA) is 17.8 Å². The number of imidazole rings is 1. The van der Waals surface area contributed by atoms with E-state index in [1.165, 1.54) is 14.7 Å². The maximum Gasteiger partial charge on any atom is 0.115 e. The molecule has 0 aliphatic heterocycles. The monoisotopic (exact) mass is 396 g/mol. The van der Waals surface area contributed by atoms with E-state index in [-0.39, 0.29) is 0 Å². The summed E-state index contributed by atoms with van der Waals surface area (Å²) >= 11 is 8.28. The molecule has 0 saturated heterocycles. The first kappa shape index (κ1) is 13.9. The molecule has 1 heterocycles. The Morgan fingerprint density at radius 1 is 1.20 bits per heavy atom. The lowest BCUT2D eigenvalue weighted by molar-refractivity contribution is 0.910. The smallest absolute Gasteiger partial charge is 0.115 e. The molecule has 0 aliphatic carbocycles. The van der Waals surface area contributed by atoms with Crippen LogP contribution in [0.3, 0.4) is 0 Å². The molecule has 0 amide bonds. The summed E-state index contributed by atoms with van der Waals surface area (Å²) in [4.78, 5) is 4.75. The Morgan fingerprint density at radius 3 is 2.75 bits per heavy atom. The van der Waals surface area contributed by atoms with Gasteiger partial charge in [0.15, 0.2) is 0 Å². The van der Waals surface area contributed by atoms with Gasteiger partial charge in [0.1, 0.15) is 5.82 Å². The van der Waals surface area contributed by atoms with E-state index in [9.17, 15) is 0 Å². The number of aryl methyl sites for hydroxylation is 2. The van der Waals surface area contributed by atoms with Gasteiger partial charge in [0.25, 0.3) is 0 Å². The van der Waals surface area contributed by atoms with Gasteiger partial charge in [-0.05, 0) is 59.3 Å². The predicted octanol–water partition coefficient (Wildman–Crippen LogP) is 4.72. The maximum absolute atomic E-state index is 5.94. The fourth-order valence-electron chi connectivity index (χ4n) is 2.49. The second-order valence-electron chi connectivity index (χ2n) is 4.72. The number of nitrogens with zero attached hydrogens (tertiary/aromatic N) is 2. The van der Waals surface area contributed by atoms with Crippen molar-refractivity contribution in [2.24, 2.45) is 0 Å². The third kappa shape index (κ3) is 2.44. The van der Waals surface area contributed by atoms with Gasteiger partial charge in [0.2, 0.25) is 0 Å². The van der Waals surface area contributed by atoms with Gasteiger partial charge in [0.05, 0.1) is 11.0 Å². The number of hydrogen-bond donors (Lipinski definition) is 0. The zero-order valence-electron chi connectivity index (χ0n) is 11.1. The van der Waals surface area contributed by atoms with Crippen LogP contribution in [0.1, 0.15) is 11.4 Å². The number of alkyl halides is 1. The Balaban J connectivity index is 2.34. The van der Waals surface area contributed by atoms with E-state index >= 15 is 0 Å². The highest BCUT2D eigenvalue weighted by Gasteiger charge is 2.13. The molecule has 0 saturated carbocycles. The summed E-state index contributed by atoms with van der Waals surface area (Å²) in [6.45, 7) is 2.12. The number of halogens is 2. The van der Waals surface area contributed by atoms with Gasteiger partial charge in [-0.1, -0.05) is 18.2 Å². The molecule has 4 heteroatoms. The van der Waals surface area contributed by atoms with Crippen molar-refractivity contribution in [1.29, 1.82) is 0 Å². The molecule has 0 radical (unpaired) electrons. The number of fused-ring (bicyclic) bond motifs is 1. The van der Waals surface area contributed by atoms with E-state index in [4.69, 9.17) is 16.6 Å². The average Bonchev–Trinajstić information content (AvgIpc) is 2.79. The number of para-hydroxylation sites is 1. The van der Waals surface area contributed by atoms with Crippen LogP contribution in [0.4, 0.5) is 0 Å². The average molecular weight is 397 g/mol. The predicted molar refractivity (Wildman–Crippen MR) is 92.9 cm³/mol. The SMILES string of the molecule is Cc1cccc2nc(CCCl)n(-c3cccc(I)c3)c12. The highest BCUT2D eigenvalue weighted by Crippen LogP contribution is 2.25. The van der Waals surface area contributed by atoms with Crippen LogP contribution in [0.2, 0.25) is 0 Å². The molecule has 0 unspecified atom stereocenters. The summed E-state index contributed by atoms with van der Waals surface area (Å²) in [5.41, 5.74) is 4.59. The Labute approximate surface area is 136 Å². The summed E-state index contributed by atoms with van der Waals surface area (Å²) in [5.74, 6) is 1.60. The molecule has 20 heavy (non-hydrogen) atoms. The van der Waals surface area contributed by atoms with Crippen molar-refractivity contribution in [3.05, 3.63) is 57.4 Å². The molecule has 0 fully saturated rings. The van der Waals surface area contributed by atoms with Gasteiger partial charge in [-0.3, -0.25) is 4.57 Å². The van der Waals surface area contributed by atoms with Gasteiger partial charge < -0.3 is 0 Å². The van der Waals surface area contributed by atoms with Crippen molar-refractivity contribution in [3.63, 3.8) is 0 Å². The van der Waals surface area contributed by atoms with Crippen molar-refractivity contribution < 1.29 is 0 Å². The zero-order chi connectivity index (χ0) is 14.1. The Morgan fingerprint density at radius 2 is 2.00 bits per heavy atom. The first-order valence-electron chi connectivity index (χ1n) is 6.49. The number of rotatable bonds is 3. The number of hydrogen-bond acceptors (Lipinski definition) is 1. The lowest BCUT2D eigenvalue weighted by Crippen LogP contribution is -2.03. The van der Waals surface area contributed by atoms with Crippen LogP contribution in [0.25, 0.3) is 16.7 Å². The van der Waals surface area contributed by atoms with E-state index in [0.29, 0.717) is 5.88 Å². The zero-order valence-corrected chi connectivity index (χ0v) is 14.0. The van der Waals surface area contributed by atoms with Crippen LogP contribution >= 0.6 is 34.2 Å². The first-order valence-corrected chi connectivity index (χ1v) is 8.11. The van der Waals surface area contributed by atoms with Crippen molar-refractivity contribution in [3.8, 4) is 5.69 Å². The molecule has 3 rings (SSSR count). The maximum atomic E-state index is 5.94. The molecule has 102 valence electrons. The summed E-state index contributed by atoms with van der Waals surface area (Å²) < 4.78 is 3.45. The fourth-order valence-corrected chi connectivity index (χ4v) is 3.18. The quantitative estimate of drug-likeness (QED) is 0.463. The number of aromatic nitrogens is 2. The lowest BCUT2D eigenvalue weighted by atomic mass is 10.2. The van der Waals surface area contributed by atoms with E-state index in [1.54, 1.807) is 0 Å². The van der Waals surface area contributed by atoms with Crippen molar-refractivity contribution in [2.75, 3.05) is 5.88 Å². The summed E-state index contributed by atoms with van der Waals surface area (Å²) in [7, 11) is 0. The Kier molecular flexibility index (Phi) is 3.98. The number of benzene rings is 2. The summed E-state index contributed by atoms with van der Waals surface area (Å²) in [5, 5.41) is 0. The van der Waals surface area contributed by atoms with E-state index in [2.05, 4.69) is 70.5 Å². The first-order chi connectivity index (χ1) is 9.70.